The number of carbonyl (C=O) groups is 1. The average molecular weight is 235 g/mol. The zero-order valence-electron chi connectivity index (χ0n) is 10.1. The van der Waals surface area contributed by atoms with Crippen molar-refractivity contribution >= 4 is 23.2 Å². The van der Waals surface area contributed by atoms with Crippen LogP contribution >= 0.6 is 0 Å². The summed E-state index contributed by atoms with van der Waals surface area (Å²) in [5.41, 5.74) is 4.80. The fourth-order valence-corrected chi connectivity index (χ4v) is 2.17. The molecule has 0 saturated heterocycles. The van der Waals surface area contributed by atoms with E-state index in [1.807, 2.05) is 61.5 Å². The number of hydrogen-bond donors (Lipinski definition) is 1. The van der Waals surface area contributed by atoms with Crippen LogP contribution in [-0.2, 0) is 4.79 Å². The Morgan fingerprint density at radius 2 is 1.83 bits per heavy atom. The van der Waals surface area contributed by atoms with E-state index < -0.39 is 0 Å². The molecular weight excluding hydrogens is 222 g/mol. The Balaban J connectivity index is 2.10. The third-order valence-corrected chi connectivity index (χ3v) is 3.07. The lowest BCUT2D eigenvalue weighted by molar-refractivity contribution is -0.110. The number of nitrogens with one attached hydrogen (secondary N) is 1. The Kier molecular flexibility index (Phi) is 2.49. The molecule has 2 aromatic rings. The molecule has 1 N–H and O–H groups in total. The highest BCUT2D eigenvalue weighted by Crippen LogP contribution is 2.33. The molecule has 2 nitrogen and oxygen atoms in total. The van der Waals surface area contributed by atoms with Gasteiger partial charge in [0.05, 0.1) is 0 Å². The lowest BCUT2D eigenvalue weighted by Crippen LogP contribution is -2.03. The van der Waals surface area contributed by atoms with E-state index in [9.17, 15) is 4.79 Å². The molecule has 0 saturated carbocycles. The van der Waals surface area contributed by atoms with Crippen LogP contribution in [0.4, 0.5) is 5.69 Å². The van der Waals surface area contributed by atoms with Crippen molar-refractivity contribution < 1.29 is 4.79 Å². The van der Waals surface area contributed by atoms with Crippen LogP contribution in [0, 0.1) is 6.92 Å². The van der Waals surface area contributed by atoms with Gasteiger partial charge in [0.2, 0.25) is 0 Å². The molecule has 88 valence electrons. The average Bonchev–Trinajstić information content (AvgIpc) is 2.66. The lowest BCUT2D eigenvalue weighted by Gasteiger charge is -1.99. The molecule has 18 heavy (non-hydrogen) atoms. The van der Waals surface area contributed by atoms with Crippen molar-refractivity contribution in [3.05, 3.63) is 65.2 Å². The first-order valence-corrected chi connectivity index (χ1v) is 5.93. The number of amides is 1. The van der Waals surface area contributed by atoms with Gasteiger partial charge in [-0.25, -0.2) is 0 Å². The molecular formula is C16H13NO. The largest absolute Gasteiger partial charge is 0.321 e. The van der Waals surface area contributed by atoms with E-state index in [0.29, 0.717) is 0 Å². The minimum atomic E-state index is -0.0283. The highest BCUT2D eigenvalue weighted by atomic mass is 16.2. The van der Waals surface area contributed by atoms with Gasteiger partial charge in [0, 0.05) is 16.8 Å². The van der Waals surface area contributed by atoms with E-state index >= 15 is 0 Å². The monoisotopic (exact) mass is 235 g/mol. The number of anilines is 1. The van der Waals surface area contributed by atoms with Gasteiger partial charge < -0.3 is 5.32 Å². The van der Waals surface area contributed by atoms with Gasteiger partial charge in [-0.05, 0) is 30.2 Å². The van der Waals surface area contributed by atoms with Crippen LogP contribution in [0.5, 0.6) is 0 Å². The van der Waals surface area contributed by atoms with E-state index in [1.165, 1.54) is 0 Å². The van der Waals surface area contributed by atoms with Crippen molar-refractivity contribution in [3.63, 3.8) is 0 Å². The minimum absolute atomic E-state index is 0.0283. The van der Waals surface area contributed by atoms with Crippen molar-refractivity contribution in [2.45, 2.75) is 6.92 Å². The van der Waals surface area contributed by atoms with Crippen LogP contribution in [0.1, 0.15) is 16.7 Å². The van der Waals surface area contributed by atoms with E-state index in [4.69, 9.17) is 0 Å². The molecule has 1 amide bonds. The van der Waals surface area contributed by atoms with Crippen LogP contribution in [0.2, 0.25) is 0 Å². The van der Waals surface area contributed by atoms with E-state index in [1.54, 1.807) is 0 Å². The van der Waals surface area contributed by atoms with Gasteiger partial charge in [0.25, 0.3) is 5.91 Å². The van der Waals surface area contributed by atoms with Gasteiger partial charge in [-0.15, -0.1) is 0 Å². The molecule has 1 aliphatic rings. The predicted molar refractivity (Wildman–Crippen MR) is 74.1 cm³/mol. The standard InChI is InChI=1S/C16H13NO/c1-11-7-8-13-14(16(18)17-15(13)9-11)10-12-5-3-2-4-6-12/h2-10H,1H3,(H,17,18). The molecule has 0 fully saturated rings. The topological polar surface area (TPSA) is 29.1 Å². The number of rotatable bonds is 1. The summed E-state index contributed by atoms with van der Waals surface area (Å²) in [5, 5.41) is 2.90. The van der Waals surface area contributed by atoms with E-state index in [2.05, 4.69) is 5.32 Å². The van der Waals surface area contributed by atoms with Gasteiger partial charge in [-0.2, -0.15) is 0 Å². The Labute approximate surface area is 106 Å². The van der Waals surface area contributed by atoms with Crippen molar-refractivity contribution in [1.29, 1.82) is 0 Å². The zero-order valence-corrected chi connectivity index (χ0v) is 10.1. The third kappa shape index (κ3) is 1.82. The van der Waals surface area contributed by atoms with Gasteiger partial charge in [0.15, 0.2) is 0 Å². The molecule has 0 atom stereocenters. The molecule has 2 aromatic carbocycles. The second-order valence-corrected chi connectivity index (χ2v) is 4.47. The first-order valence-electron chi connectivity index (χ1n) is 5.93. The number of carbonyl (C=O) groups excluding carboxylic acids is 1. The first kappa shape index (κ1) is 10.8. The SMILES string of the molecule is Cc1ccc2c(c1)NC(=O)C2=Cc1ccccc1. The first-order chi connectivity index (χ1) is 8.74. The zero-order chi connectivity index (χ0) is 12.5. The summed E-state index contributed by atoms with van der Waals surface area (Å²) in [6, 6.07) is 15.9. The second kappa shape index (κ2) is 4.15. The summed E-state index contributed by atoms with van der Waals surface area (Å²) < 4.78 is 0. The van der Waals surface area contributed by atoms with Crippen molar-refractivity contribution in [1.82, 2.24) is 0 Å². The van der Waals surface area contributed by atoms with E-state index in [0.717, 1.165) is 28.0 Å². The number of fused-ring (bicyclic) bond motifs is 1. The molecule has 3 rings (SSSR count). The maximum atomic E-state index is 12.0. The molecule has 1 aliphatic heterocycles. The summed E-state index contributed by atoms with van der Waals surface area (Å²) >= 11 is 0. The van der Waals surface area contributed by atoms with Crippen LogP contribution in [-0.4, -0.2) is 5.91 Å². The maximum absolute atomic E-state index is 12.0. The Bertz CT molecular complexity index is 641. The molecule has 2 heteroatoms. The Hall–Kier alpha value is -2.35. The minimum Gasteiger partial charge on any atom is -0.321 e. The van der Waals surface area contributed by atoms with Gasteiger partial charge in [0.1, 0.15) is 0 Å². The maximum Gasteiger partial charge on any atom is 0.256 e. The van der Waals surface area contributed by atoms with Crippen LogP contribution in [0.3, 0.4) is 0 Å². The van der Waals surface area contributed by atoms with Gasteiger partial charge >= 0.3 is 0 Å². The summed E-state index contributed by atoms with van der Waals surface area (Å²) in [6.07, 6.45) is 1.93. The molecule has 0 aromatic heterocycles. The van der Waals surface area contributed by atoms with Crippen molar-refractivity contribution in [2.75, 3.05) is 5.32 Å². The molecule has 0 bridgehead atoms. The highest BCUT2D eigenvalue weighted by molar-refractivity contribution is 6.34. The fourth-order valence-electron chi connectivity index (χ4n) is 2.17. The fraction of sp³-hybridized carbons (Fsp3) is 0.0625. The number of benzene rings is 2. The molecule has 0 unspecified atom stereocenters. The molecule has 1 heterocycles. The van der Waals surface area contributed by atoms with Crippen molar-refractivity contribution in [2.24, 2.45) is 0 Å². The predicted octanol–water partition coefficient (Wildman–Crippen LogP) is 3.49. The molecule has 0 aliphatic carbocycles. The van der Waals surface area contributed by atoms with Crippen LogP contribution in [0.25, 0.3) is 11.6 Å². The van der Waals surface area contributed by atoms with E-state index in [-0.39, 0.29) is 5.91 Å². The summed E-state index contributed by atoms with van der Waals surface area (Å²) in [7, 11) is 0. The quantitative estimate of drug-likeness (QED) is 0.753. The smallest absolute Gasteiger partial charge is 0.256 e. The van der Waals surface area contributed by atoms with Gasteiger partial charge in [-0.3, -0.25) is 4.79 Å². The normalized spacial score (nSPS) is 15.6. The lowest BCUT2D eigenvalue weighted by atomic mass is 10.0. The van der Waals surface area contributed by atoms with Crippen molar-refractivity contribution in [3.8, 4) is 0 Å². The van der Waals surface area contributed by atoms with Gasteiger partial charge in [-0.1, -0.05) is 42.5 Å². The van der Waals surface area contributed by atoms with Crippen LogP contribution in [0.15, 0.2) is 48.5 Å². The number of aryl methyl sites for hydroxylation is 1. The Morgan fingerprint density at radius 1 is 1.06 bits per heavy atom. The molecule has 0 spiro atoms. The molecule has 0 radical (unpaired) electrons. The van der Waals surface area contributed by atoms with Crippen LogP contribution < -0.4 is 5.32 Å². The summed E-state index contributed by atoms with van der Waals surface area (Å²) in [6.45, 7) is 2.02. The highest BCUT2D eigenvalue weighted by Gasteiger charge is 2.23. The second-order valence-electron chi connectivity index (χ2n) is 4.47. The summed E-state index contributed by atoms with van der Waals surface area (Å²) in [4.78, 5) is 12.0. The summed E-state index contributed by atoms with van der Waals surface area (Å²) in [5.74, 6) is -0.0283. The number of hydrogen-bond acceptors (Lipinski definition) is 1. The Morgan fingerprint density at radius 3 is 2.61 bits per heavy atom. The third-order valence-electron chi connectivity index (χ3n) is 3.07.